The van der Waals surface area contributed by atoms with Gasteiger partial charge in [0.25, 0.3) is 0 Å². The molecule has 5 heteroatoms. The molecule has 20 heavy (non-hydrogen) atoms. The average Bonchev–Trinajstić information content (AvgIpc) is 3.28. The van der Waals surface area contributed by atoms with Gasteiger partial charge in [0.2, 0.25) is 11.8 Å². The molecular formula is C15H20N2O2S. The molecule has 1 aromatic carbocycles. The number of thiol groups is 1. The smallest absolute Gasteiger partial charge is 0.233 e. The van der Waals surface area contributed by atoms with Crippen molar-refractivity contribution in [1.82, 2.24) is 10.6 Å². The Balaban J connectivity index is 1.62. The van der Waals surface area contributed by atoms with E-state index in [4.69, 9.17) is 0 Å². The predicted molar refractivity (Wildman–Crippen MR) is 81.7 cm³/mol. The van der Waals surface area contributed by atoms with Gasteiger partial charge in [-0.05, 0) is 24.8 Å². The van der Waals surface area contributed by atoms with Crippen molar-refractivity contribution < 1.29 is 9.59 Å². The summed E-state index contributed by atoms with van der Waals surface area (Å²) in [5.74, 6) is 0.213. The second-order valence-corrected chi connectivity index (χ2v) is 5.69. The lowest BCUT2D eigenvalue weighted by atomic mass is 10.1. The molecule has 0 saturated heterocycles. The van der Waals surface area contributed by atoms with Crippen LogP contribution in [-0.2, 0) is 16.0 Å². The zero-order valence-electron chi connectivity index (χ0n) is 11.3. The Hall–Kier alpha value is -1.49. The molecule has 1 aromatic rings. The van der Waals surface area contributed by atoms with Gasteiger partial charge in [-0.2, -0.15) is 12.6 Å². The van der Waals surface area contributed by atoms with Gasteiger partial charge in [0.1, 0.15) is 0 Å². The van der Waals surface area contributed by atoms with E-state index in [1.54, 1.807) is 0 Å². The molecule has 1 atom stereocenters. The van der Waals surface area contributed by atoms with Gasteiger partial charge in [-0.1, -0.05) is 30.3 Å². The molecule has 4 nitrogen and oxygen atoms in total. The van der Waals surface area contributed by atoms with Crippen LogP contribution in [0.3, 0.4) is 0 Å². The van der Waals surface area contributed by atoms with E-state index in [0.717, 1.165) is 18.4 Å². The molecule has 0 aromatic heterocycles. The van der Waals surface area contributed by atoms with Crippen molar-refractivity contribution >= 4 is 24.4 Å². The SMILES string of the molecule is O=C(NCCNC(=O)C1CC1)C(S)Cc1ccccc1. The first-order chi connectivity index (χ1) is 9.66. The Morgan fingerprint density at radius 2 is 1.80 bits per heavy atom. The minimum Gasteiger partial charge on any atom is -0.354 e. The highest BCUT2D eigenvalue weighted by Crippen LogP contribution is 2.28. The lowest BCUT2D eigenvalue weighted by Crippen LogP contribution is -2.39. The number of benzene rings is 1. The molecule has 0 bridgehead atoms. The summed E-state index contributed by atoms with van der Waals surface area (Å²) < 4.78 is 0. The van der Waals surface area contributed by atoms with Crippen molar-refractivity contribution in [2.75, 3.05) is 13.1 Å². The van der Waals surface area contributed by atoms with E-state index >= 15 is 0 Å². The first-order valence-electron chi connectivity index (χ1n) is 6.94. The standard InChI is InChI=1S/C15H20N2O2S/c18-14(12-6-7-12)16-8-9-17-15(19)13(20)10-11-4-2-1-3-5-11/h1-5,12-13,20H,6-10H2,(H,16,18)(H,17,19). The number of hydrogen-bond acceptors (Lipinski definition) is 3. The third-order valence-electron chi connectivity index (χ3n) is 3.25. The quantitative estimate of drug-likeness (QED) is 0.522. The van der Waals surface area contributed by atoms with Gasteiger partial charge in [0, 0.05) is 19.0 Å². The Bertz CT molecular complexity index is 460. The van der Waals surface area contributed by atoms with E-state index in [9.17, 15) is 9.59 Å². The molecule has 1 fully saturated rings. The van der Waals surface area contributed by atoms with Gasteiger partial charge < -0.3 is 10.6 Å². The van der Waals surface area contributed by atoms with Crippen LogP contribution in [0.4, 0.5) is 0 Å². The van der Waals surface area contributed by atoms with Crippen LogP contribution in [0.5, 0.6) is 0 Å². The molecule has 2 amide bonds. The van der Waals surface area contributed by atoms with E-state index in [0.29, 0.717) is 19.5 Å². The Morgan fingerprint density at radius 3 is 2.45 bits per heavy atom. The van der Waals surface area contributed by atoms with Crippen LogP contribution >= 0.6 is 12.6 Å². The minimum atomic E-state index is -0.364. The van der Waals surface area contributed by atoms with Crippen LogP contribution in [0, 0.1) is 5.92 Å². The molecule has 1 aliphatic rings. The van der Waals surface area contributed by atoms with Crippen molar-refractivity contribution in [3.05, 3.63) is 35.9 Å². The van der Waals surface area contributed by atoms with E-state index < -0.39 is 0 Å². The van der Waals surface area contributed by atoms with Gasteiger partial charge in [-0.3, -0.25) is 9.59 Å². The maximum Gasteiger partial charge on any atom is 0.233 e. The Morgan fingerprint density at radius 1 is 1.15 bits per heavy atom. The molecule has 0 aliphatic heterocycles. The molecule has 1 aliphatic carbocycles. The third-order valence-corrected chi connectivity index (χ3v) is 3.66. The molecule has 0 spiro atoms. The molecule has 1 unspecified atom stereocenters. The highest BCUT2D eigenvalue weighted by atomic mass is 32.1. The maximum absolute atomic E-state index is 11.8. The van der Waals surface area contributed by atoms with Crippen molar-refractivity contribution in [2.45, 2.75) is 24.5 Å². The van der Waals surface area contributed by atoms with Crippen LogP contribution in [0.2, 0.25) is 0 Å². The number of nitrogens with one attached hydrogen (secondary N) is 2. The second-order valence-electron chi connectivity index (χ2n) is 5.06. The topological polar surface area (TPSA) is 58.2 Å². The zero-order chi connectivity index (χ0) is 14.4. The average molecular weight is 292 g/mol. The first kappa shape index (κ1) is 14.9. The number of carbonyl (C=O) groups excluding carboxylic acids is 2. The van der Waals surface area contributed by atoms with E-state index in [-0.39, 0.29) is 23.0 Å². The van der Waals surface area contributed by atoms with Crippen LogP contribution < -0.4 is 10.6 Å². The number of hydrogen-bond donors (Lipinski definition) is 3. The first-order valence-corrected chi connectivity index (χ1v) is 7.46. The van der Waals surface area contributed by atoms with Gasteiger partial charge in [0.05, 0.1) is 5.25 Å². The van der Waals surface area contributed by atoms with Crippen molar-refractivity contribution in [2.24, 2.45) is 5.92 Å². The maximum atomic E-state index is 11.8. The summed E-state index contributed by atoms with van der Waals surface area (Å²) in [6.45, 7) is 0.927. The van der Waals surface area contributed by atoms with Crippen LogP contribution in [0.1, 0.15) is 18.4 Å². The Kier molecular flexibility index (Phi) is 5.47. The van der Waals surface area contributed by atoms with Gasteiger partial charge in [-0.15, -0.1) is 0 Å². The van der Waals surface area contributed by atoms with Gasteiger partial charge in [0.15, 0.2) is 0 Å². The number of amides is 2. The summed E-state index contributed by atoms with van der Waals surface area (Å²) in [6, 6.07) is 9.79. The fraction of sp³-hybridized carbons (Fsp3) is 0.467. The zero-order valence-corrected chi connectivity index (χ0v) is 12.2. The monoisotopic (exact) mass is 292 g/mol. The summed E-state index contributed by atoms with van der Waals surface area (Å²) >= 11 is 4.32. The minimum absolute atomic E-state index is 0.0992. The molecule has 0 radical (unpaired) electrons. The molecule has 2 N–H and O–H groups in total. The molecule has 2 rings (SSSR count). The van der Waals surface area contributed by atoms with Crippen molar-refractivity contribution in [3.63, 3.8) is 0 Å². The van der Waals surface area contributed by atoms with E-state index in [2.05, 4.69) is 23.3 Å². The summed E-state index contributed by atoms with van der Waals surface area (Å²) in [5, 5.41) is 5.23. The molecule has 108 valence electrons. The largest absolute Gasteiger partial charge is 0.354 e. The fourth-order valence-corrected chi connectivity index (χ4v) is 2.21. The summed E-state index contributed by atoms with van der Waals surface area (Å²) in [7, 11) is 0. The van der Waals surface area contributed by atoms with Crippen molar-refractivity contribution in [1.29, 1.82) is 0 Å². The van der Waals surface area contributed by atoms with Gasteiger partial charge >= 0.3 is 0 Å². The van der Waals surface area contributed by atoms with Crippen LogP contribution in [0.15, 0.2) is 30.3 Å². The fourth-order valence-electron chi connectivity index (χ4n) is 1.91. The van der Waals surface area contributed by atoms with Crippen molar-refractivity contribution in [3.8, 4) is 0 Å². The van der Waals surface area contributed by atoms with E-state index in [1.165, 1.54) is 0 Å². The van der Waals surface area contributed by atoms with Gasteiger partial charge in [-0.25, -0.2) is 0 Å². The summed E-state index contributed by atoms with van der Waals surface area (Å²) in [6.07, 6.45) is 2.59. The number of carbonyl (C=O) groups is 2. The van der Waals surface area contributed by atoms with E-state index in [1.807, 2.05) is 30.3 Å². The second kappa shape index (κ2) is 7.33. The normalized spacial score (nSPS) is 15.4. The lowest BCUT2D eigenvalue weighted by Gasteiger charge is -2.12. The highest BCUT2D eigenvalue weighted by Gasteiger charge is 2.29. The third kappa shape index (κ3) is 4.89. The lowest BCUT2D eigenvalue weighted by molar-refractivity contribution is -0.123. The highest BCUT2D eigenvalue weighted by molar-refractivity contribution is 7.81. The van der Waals surface area contributed by atoms with Crippen LogP contribution in [0.25, 0.3) is 0 Å². The predicted octanol–water partition coefficient (Wildman–Crippen LogP) is 1.17. The summed E-state index contributed by atoms with van der Waals surface area (Å²) in [4.78, 5) is 23.2. The molecule has 0 heterocycles. The van der Waals surface area contributed by atoms with Crippen LogP contribution in [-0.4, -0.2) is 30.2 Å². The molecule has 1 saturated carbocycles. The molecular weight excluding hydrogens is 272 g/mol. The summed E-state index contributed by atoms with van der Waals surface area (Å²) in [5.41, 5.74) is 1.09. The Labute approximate surface area is 124 Å². The number of rotatable bonds is 7.